The molecule has 0 saturated carbocycles. The third-order valence-electron chi connectivity index (χ3n) is 1.86. The summed E-state index contributed by atoms with van der Waals surface area (Å²) < 4.78 is 19.5. The third kappa shape index (κ3) is 2.47. The van der Waals surface area contributed by atoms with Gasteiger partial charge in [0, 0.05) is 12.1 Å². The van der Waals surface area contributed by atoms with E-state index in [-0.39, 0.29) is 17.2 Å². The summed E-state index contributed by atoms with van der Waals surface area (Å²) >= 11 is 0. The van der Waals surface area contributed by atoms with Crippen LogP contribution in [0, 0.1) is 0 Å². The zero-order valence-electron chi connectivity index (χ0n) is 9.14. The molecule has 0 amide bonds. The van der Waals surface area contributed by atoms with Gasteiger partial charge in [0.25, 0.3) is 0 Å². The fourth-order valence-corrected chi connectivity index (χ4v) is 1.16. The molecule has 0 unspecified atom stereocenters. The summed E-state index contributed by atoms with van der Waals surface area (Å²) in [6, 6.07) is 3.00. The molecule has 0 heterocycles. The Morgan fingerprint density at radius 1 is 1.06 bits per heavy atom. The van der Waals surface area contributed by atoms with Gasteiger partial charge in [-0.25, -0.2) is 4.79 Å². The predicted molar refractivity (Wildman–Crippen MR) is 54.8 cm³/mol. The second-order valence-electron chi connectivity index (χ2n) is 2.73. The van der Waals surface area contributed by atoms with Crippen molar-refractivity contribution in [1.29, 1.82) is 0 Å². The van der Waals surface area contributed by atoms with Crippen molar-refractivity contribution in [1.82, 2.24) is 0 Å². The van der Waals surface area contributed by atoms with Gasteiger partial charge in [0.05, 0.1) is 21.3 Å². The lowest BCUT2D eigenvalue weighted by Crippen LogP contribution is -2.06. The van der Waals surface area contributed by atoms with Crippen LogP contribution in [-0.2, 0) is 0 Å². The number of hydrogen-bond acceptors (Lipinski definition) is 5. The van der Waals surface area contributed by atoms with Gasteiger partial charge in [-0.15, -0.1) is 0 Å². The third-order valence-corrected chi connectivity index (χ3v) is 1.86. The lowest BCUT2D eigenvalue weighted by molar-refractivity contribution is 0.141. The number of carbonyl (C=O) groups is 1. The average molecular weight is 228 g/mol. The number of carboxylic acid groups (broad SMARTS) is 1. The Bertz CT molecular complexity index is 362. The van der Waals surface area contributed by atoms with E-state index in [4.69, 9.17) is 19.3 Å². The fourth-order valence-electron chi connectivity index (χ4n) is 1.16. The first-order valence-electron chi connectivity index (χ1n) is 4.33. The molecule has 0 saturated heterocycles. The molecule has 1 aromatic carbocycles. The Hall–Kier alpha value is -2.11. The minimum absolute atomic E-state index is 0.00157. The van der Waals surface area contributed by atoms with Crippen LogP contribution in [0.3, 0.4) is 0 Å². The minimum Gasteiger partial charge on any atom is -0.496 e. The number of rotatable bonds is 4. The number of ether oxygens (including phenoxy) is 4. The van der Waals surface area contributed by atoms with Crippen LogP contribution in [0.2, 0.25) is 0 Å². The Labute approximate surface area is 92.3 Å². The molecular formula is C10H12O6. The van der Waals surface area contributed by atoms with Crippen LogP contribution in [0.4, 0.5) is 4.79 Å². The molecule has 0 spiro atoms. The van der Waals surface area contributed by atoms with Crippen LogP contribution < -0.4 is 18.9 Å². The number of hydrogen-bond donors (Lipinski definition) is 1. The SMILES string of the molecule is COc1cc(OC)c(OC(=O)O)c(OC)c1. The monoisotopic (exact) mass is 228 g/mol. The molecule has 0 fully saturated rings. The van der Waals surface area contributed by atoms with Crippen molar-refractivity contribution in [2.24, 2.45) is 0 Å². The fraction of sp³-hybridized carbons (Fsp3) is 0.300. The molecule has 1 rings (SSSR count). The molecule has 6 nitrogen and oxygen atoms in total. The second kappa shape index (κ2) is 5.11. The maximum Gasteiger partial charge on any atom is 0.511 e. The average Bonchev–Trinajstić information content (AvgIpc) is 2.28. The van der Waals surface area contributed by atoms with E-state index in [9.17, 15) is 4.79 Å². The lowest BCUT2D eigenvalue weighted by atomic mass is 10.2. The van der Waals surface area contributed by atoms with E-state index in [1.807, 2.05) is 0 Å². The van der Waals surface area contributed by atoms with E-state index in [1.54, 1.807) is 0 Å². The maximum atomic E-state index is 10.5. The molecule has 1 N–H and O–H groups in total. The summed E-state index contributed by atoms with van der Waals surface area (Å²) in [7, 11) is 4.26. The van der Waals surface area contributed by atoms with Crippen molar-refractivity contribution >= 4 is 6.16 Å². The largest absolute Gasteiger partial charge is 0.511 e. The highest BCUT2D eigenvalue weighted by molar-refractivity contribution is 5.67. The van der Waals surface area contributed by atoms with Gasteiger partial charge in [-0.2, -0.15) is 0 Å². The van der Waals surface area contributed by atoms with Crippen molar-refractivity contribution in [3.8, 4) is 23.0 Å². The molecule has 16 heavy (non-hydrogen) atoms. The van der Waals surface area contributed by atoms with E-state index in [0.29, 0.717) is 5.75 Å². The van der Waals surface area contributed by atoms with Crippen LogP contribution >= 0.6 is 0 Å². The lowest BCUT2D eigenvalue weighted by Gasteiger charge is -2.12. The molecule has 0 aliphatic heterocycles. The second-order valence-corrected chi connectivity index (χ2v) is 2.73. The van der Waals surface area contributed by atoms with Crippen molar-refractivity contribution in [3.63, 3.8) is 0 Å². The van der Waals surface area contributed by atoms with Gasteiger partial charge < -0.3 is 24.1 Å². The summed E-state index contributed by atoms with van der Waals surface area (Å²) in [4.78, 5) is 10.5. The standard InChI is InChI=1S/C10H12O6/c1-13-6-4-7(14-2)9(16-10(11)12)8(5-6)15-3/h4-5H,1-3H3,(H,11,12). The van der Waals surface area contributed by atoms with Crippen LogP contribution in [0.1, 0.15) is 0 Å². The smallest absolute Gasteiger partial charge is 0.496 e. The molecule has 0 aliphatic rings. The van der Waals surface area contributed by atoms with Crippen LogP contribution in [0.25, 0.3) is 0 Å². The van der Waals surface area contributed by atoms with Crippen molar-refractivity contribution in [2.45, 2.75) is 0 Å². The molecule has 6 heteroatoms. The zero-order chi connectivity index (χ0) is 12.1. The highest BCUT2D eigenvalue weighted by atomic mass is 16.7. The molecule has 0 aromatic heterocycles. The summed E-state index contributed by atoms with van der Waals surface area (Å²) in [6.07, 6.45) is -1.44. The first-order valence-corrected chi connectivity index (χ1v) is 4.33. The topological polar surface area (TPSA) is 74.2 Å². The van der Waals surface area contributed by atoms with Gasteiger partial charge in [-0.1, -0.05) is 0 Å². The van der Waals surface area contributed by atoms with Crippen molar-refractivity contribution in [2.75, 3.05) is 21.3 Å². The maximum absolute atomic E-state index is 10.5. The van der Waals surface area contributed by atoms with E-state index in [0.717, 1.165) is 0 Å². The molecule has 1 aromatic rings. The summed E-state index contributed by atoms with van der Waals surface area (Å²) in [6.45, 7) is 0. The summed E-state index contributed by atoms with van der Waals surface area (Å²) in [5.41, 5.74) is 0. The van der Waals surface area contributed by atoms with E-state index in [2.05, 4.69) is 4.74 Å². The van der Waals surface area contributed by atoms with Crippen LogP contribution in [-0.4, -0.2) is 32.6 Å². The van der Waals surface area contributed by atoms with E-state index in [1.165, 1.54) is 33.5 Å². The summed E-state index contributed by atoms with van der Waals surface area (Å²) in [5, 5.41) is 8.57. The number of methoxy groups -OCH3 is 3. The Balaban J connectivity index is 3.25. The molecule has 0 aliphatic carbocycles. The molecule has 0 atom stereocenters. The van der Waals surface area contributed by atoms with Gasteiger partial charge >= 0.3 is 6.16 Å². The molecular weight excluding hydrogens is 216 g/mol. The minimum atomic E-state index is -1.44. The Morgan fingerprint density at radius 2 is 1.56 bits per heavy atom. The van der Waals surface area contributed by atoms with Gasteiger partial charge in [-0.3, -0.25) is 0 Å². The Kier molecular flexibility index (Phi) is 3.82. The molecule has 0 radical (unpaired) electrons. The van der Waals surface area contributed by atoms with Crippen LogP contribution in [0.5, 0.6) is 23.0 Å². The molecule has 0 bridgehead atoms. The normalized spacial score (nSPS) is 9.44. The first kappa shape index (κ1) is 12.0. The van der Waals surface area contributed by atoms with Crippen molar-refractivity contribution in [3.05, 3.63) is 12.1 Å². The van der Waals surface area contributed by atoms with Gasteiger partial charge in [-0.05, 0) is 0 Å². The van der Waals surface area contributed by atoms with E-state index >= 15 is 0 Å². The molecule has 88 valence electrons. The van der Waals surface area contributed by atoms with Gasteiger partial charge in [0.1, 0.15) is 5.75 Å². The van der Waals surface area contributed by atoms with Crippen LogP contribution in [0.15, 0.2) is 12.1 Å². The van der Waals surface area contributed by atoms with Gasteiger partial charge in [0.15, 0.2) is 11.5 Å². The van der Waals surface area contributed by atoms with Gasteiger partial charge in [0.2, 0.25) is 5.75 Å². The predicted octanol–water partition coefficient (Wildman–Crippen LogP) is 1.77. The van der Waals surface area contributed by atoms with E-state index < -0.39 is 6.16 Å². The highest BCUT2D eigenvalue weighted by Crippen LogP contribution is 2.40. The van der Waals surface area contributed by atoms with Crippen molar-refractivity contribution < 1.29 is 28.8 Å². The zero-order valence-corrected chi connectivity index (χ0v) is 9.14. The quantitative estimate of drug-likeness (QED) is 0.625. The highest BCUT2D eigenvalue weighted by Gasteiger charge is 2.17. The Morgan fingerprint density at radius 3 is 1.88 bits per heavy atom. The number of benzene rings is 1. The summed E-state index contributed by atoms with van der Waals surface area (Å²) in [5.74, 6) is 0.918. The first-order chi connectivity index (χ1) is 7.62.